The van der Waals surface area contributed by atoms with E-state index in [2.05, 4.69) is 10.6 Å². The second kappa shape index (κ2) is 7.79. The number of rotatable bonds is 3. The molecule has 0 bridgehead atoms. The van der Waals surface area contributed by atoms with Gasteiger partial charge in [0.1, 0.15) is 0 Å². The van der Waals surface area contributed by atoms with E-state index in [0.29, 0.717) is 10.7 Å². The fourth-order valence-corrected chi connectivity index (χ4v) is 3.09. The summed E-state index contributed by atoms with van der Waals surface area (Å²) in [5, 5.41) is 5.19. The Morgan fingerprint density at radius 2 is 1.60 bits per heavy atom. The first-order valence-electron chi connectivity index (χ1n) is 9.19. The van der Waals surface area contributed by atoms with Gasteiger partial charge in [-0.15, -0.1) is 0 Å². The van der Waals surface area contributed by atoms with E-state index in [4.69, 9.17) is 20.9 Å². The van der Waals surface area contributed by atoms with Crippen molar-refractivity contribution in [2.45, 2.75) is 45.1 Å². The monoisotopic (exact) mass is 440 g/mol. The Kier molecular flexibility index (Phi) is 5.83. The number of amides is 2. The molecule has 3 rings (SSSR count). The zero-order valence-corrected chi connectivity index (χ0v) is 17.6. The van der Waals surface area contributed by atoms with Crippen LogP contribution in [-0.4, -0.2) is 24.4 Å². The summed E-state index contributed by atoms with van der Waals surface area (Å²) in [4.78, 5) is 12.2. The van der Waals surface area contributed by atoms with Crippen molar-refractivity contribution in [1.82, 2.24) is 0 Å². The SMILES string of the molecule is CC1(C)OB(c2ccc(NC(=O)Nc3ccccc3Cl)cc2C(F)(F)F)OC1(C)C. The molecule has 1 heterocycles. The van der Waals surface area contributed by atoms with Gasteiger partial charge in [0.15, 0.2) is 0 Å². The third-order valence-electron chi connectivity index (χ3n) is 5.25. The highest BCUT2D eigenvalue weighted by Gasteiger charge is 2.53. The molecule has 1 fully saturated rings. The number of hydrogen-bond donors (Lipinski definition) is 2. The minimum Gasteiger partial charge on any atom is -0.399 e. The first kappa shape index (κ1) is 22.5. The summed E-state index contributed by atoms with van der Waals surface area (Å²) < 4.78 is 52.8. The number of carbonyl (C=O) groups is 1. The molecule has 0 atom stereocenters. The first-order valence-corrected chi connectivity index (χ1v) is 9.57. The summed E-state index contributed by atoms with van der Waals surface area (Å²) in [6.45, 7) is 7.04. The molecule has 0 aromatic heterocycles. The Bertz CT molecular complexity index is 951. The molecule has 10 heteroatoms. The predicted octanol–water partition coefficient (Wildman–Crippen LogP) is 5.30. The summed E-state index contributed by atoms with van der Waals surface area (Å²) in [5.74, 6) is 0. The lowest BCUT2D eigenvalue weighted by Crippen LogP contribution is -2.41. The lowest BCUT2D eigenvalue weighted by Gasteiger charge is -2.32. The molecule has 30 heavy (non-hydrogen) atoms. The zero-order valence-electron chi connectivity index (χ0n) is 16.9. The van der Waals surface area contributed by atoms with Crippen LogP contribution >= 0.6 is 11.6 Å². The normalized spacial score (nSPS) is 17.7. The van der Waals surface area contributed by atoms with Crippen LogP contribution in [0.4, 0.5) is 29.3 Å². The minimum absolute atomic E-state index is 0.0351. The summed E-state index contributed by atoms with van der Waals surface area (Å²) in [7, 11) is -1.18. The maximum absolute atomic E-state index is 13.7. The lowest BCUT2D eigenvalue weighted by atomic mass is 9.75. The number of urea groups is 1. The lowest BCUT2D eigenvalue weighted by molar-refractivity contribution is -0.136. The standard InChI is InChI=1S/C20H21BClF3N2O3/c1-18(2)19(3,4)30-21(29-18)14-10-9-12(11-13(14)20(23,24)25)26-17(28)27-16-8-6-5-7-15(16)22/h5-11H,1-4H3,(H2,26,27,28). The number of carbonyl (C=O) groups excluding carboxylic acids is 1. The molecule has 160 valence electrons. The van der Waals surface area contributed by atoms with E-state index in [9.17, 15) is 18.0 Å². The molecule has 0 aliphatic carbocycles. The maximum atomic E-state index is 13.7. The van der Waals surface area contributed by atoms with Crippen LogP contribution in [0.15, 0.2) is 42.5 Å². The van der Waals surface area contributed by atoms with Crippen molar-refractivity contribution < 1.29 is 27.3 Å². The highest BCUT2D eigenvalue weighted by molar-refractivity contribution is 6.62. The topological polar surface area (TPSA) is 59.6 Å². The van der Waals surface area contributed by atoms with E-state index in [0.717, 1.165) is 6.07 Å². The number of para-hydroxylation sites is 1. The molecule has 1 aliphatic heterocycles. The van der Waals surface area contributed by atoms with E-state index in [-0.39, 0.29) is 11.2 Å². The van der Waals surface area contributed by atoms with Gasteiger partial charge in [-0.3, -0.25) is 0 Å². The Morgan fingerprint density at radius 3 is 2.17 bits per heavy atom. The number of nitrogens with one attached hydrogen (secondary N) is 2. The van der Waals surface area contributed by atoms with Gasteiger partial charge in [-0.05, 0) is 57.4 Å². The van der Waals surface area contributed by atoms with Gasteiger partial charge in [0.05, 0.1) is 27.5 Å². The molecule has 0 radical (unpaired) electrons. The fraction of sp³-hybridized carbons (Fsp3) is 0.350. The molecule has 2 aromatic carbocycles. The minimum atomic E-state index is -4.67. The molecule has 1 saturated heterocycles. The van der Waals surface area contributed by atoms with Gasteiger partial charge in [-0.2, -0.15) is 13.2 Å². The molecule has 2 N–H and O–H groups in total. The number of halogens is 4. The molecule has 1 aliphatic rings. The molecular formula is C20H21BClF3N2O3. The third-order valence-corrected chi connectivity index (χ3v) is 5.58. The van der Waals surface area contributed by atoms with Crippen molar-refractivity contribution >= 4 is 41.6 Å². The Balaban J connectivity index is 1.85. The van der Waals surface area contributed by atoms with E-state index in [1.54, 1.807) is 52.0 Å². The van der Waals surface area contributed by atoms with Crippen LogP contribution in [0.25, 0.3) is 0 Å². The van der Waals surface area contributed by atoms with Crippen LogP contribution in [0.2, 0.25) is 5.02 Å². The van der Waals surface area contributed by atoms with Gasteiger partial charge in [0.2, 0.25) is 0 Å². The second-order valence-corrected chi connectivity index (χ2v) is 8.35. The van der Waals surface area contributed by atoms with Gasteiger partial charge in [-0.25, -0.2) is 4.79 Å². The average molecular weight is 441 g/mol. The Hall–Kier alpha value is -2.23. The molecule has 5 nitrogen and oxygen atoms in total. The Labute approximate surface area is 178 Å². The molecule has 0 spiro atoms. The number of anilines is 2. The maximum Gasteiger partial charge on any atom is 0.495 e. The molecule has 2 aromatic rings. The second-order valence-electron chi connectivity index (χ2n) is 7.95. The van der Waals surface area contributed by atoms with Gasteiger partial charge in [0, 0.05) is 5.69 Å². The van der Waals surface area contributed by atoms with Crippen LogP contribution in [0, 0.1) is 0 Å². The van der Waals surface area contributed by atoms with Crippen LogP contribution in [-0.2, 0) is 15.5 Å². The Morgan fingerprint density at radius 1 is 1.00 bits per heavy atom. The van der Waals surface area contributed by atoms with Crippen LogP contribution in [0.3, 0.4) is 0 Å². The smallest absolute Gasteiger partial charge is 0.399 e. The van der Waals surface area contributed by atoms with Crippen LogP contribution in [0.1, 0.15) is 33.3 Å². The summed E-state index contributed by atoms with van der Waals surface area (Å²) >= 11 is 5.98. The van der Waals surface area contributed by atoms with E-state index >= 15 is 0 Å². The van der Waals surface area contributed by atoms with E-state index in [1.807, 2.05) is 0 Å². The molecule has 2 amide bonds. The summed E-state index contributed by atoms with van der Waals surface area (Å²) in [5.41, 5.74) is -2.37. The highest BCUT2D eigenvalue weighted by atomic mass is 35.5. The van der Waals surface area contributed by atoms with Crippen molar-refractivity contribution in [2.75, 3.05) is 10.6 Å². The quantitative estimate of drug-likeness (QED) is 0.637. The first-order chi connectivity index (χ1) is 13.8. The van der Waals surface area contributed by atoms with Crippen molar-refractivity contribution in [3.05, 3.63) is 53.1 Å². The van der Waals surface area contributed by atoms with Gasteiger partial charge in [-0.1, -0.05) is 29.8 Å². The number of hydrogen-bond acceptors (Lipinski definition) is 3. The van der Waals surface area contributed by atoms with Gasteiger partial charge < -0.3 is 19.9 Å². The van der Waals surface area contributed by atoms with Crippen LogP contribution < -0.4 is 16.1 Å². The fourth-order valence-electron chi connectivity index (χ4n) is 2.90. The van der Waals surface area contributed by atoms with E-state index < -0.39 is 36.1 Å². The molecule has 0 unspecified atom stereocenters. The average Bonchev–Trinajstić information content (AvgIpc) is 2.83. The van der Waals surface area contributed by atoms with Crippen molar-refractivity contribution in [3.8, 4) is 0 Å². The largest absolute Gasteiger partial charge is 0.495 e. The van der Waals surface area contributed by atoms with Crippen molar-refractivity contribution in [2.24, 2.45) is 0 Å². The van der Waals surface area contributed by atoms with Crippen molar-refractivity contribution in [1.29, 1.82) is 0 Å². The van der Waals surface area contributed by atoms with Gasteiger partial charge >= 0.3 is 19.3 Å². The predicted molar refractivity (Wildman–Crippen MR) is 111 cm³/mol. The third kappa shape index (κ3) is 4.58. The van der Waals surface area contributed by atoms with Gasteiger partial charge in [0.25, 0.3) is 0 Å². The van der Waals surface area contributed by atoms with Crippen LogP contribution in [0.5, 0.6) is 0 Å². The zero-order chi connectivity index (χ0) is 22.3. The summed E-state index contributed by atoms with van der Waals surface area (Å²) in [6.07, 6.45) is -4.67. The number of alkyl halides is 3. The highest BCUT2D eigenvalue weighted by Crippen LogP contribution is 2.38. The molecular weight excluding hydrogens is 419 g/mol. The van der Waals surface area contributed by atoms with Crippen molar-refractivity contribution in [3.63, 3.8) is 0 Å². The summed E-state index contributed by atoms with van der Waals surface area (Å²) in [6, 6.07) is 9.25. The number of benzene rings is 2. The molecule has 0 saturated carbocycles. The van der Waals surface area contributed by atoms with E-state index in [1.165, 1.54) is 12.1 Å².